The lowest BCUT2D eigenvalue weighted by molar-refractivity contribution is -0.166. The van der Waals surface area contributed by atoms with E-state index in [1.165, 1.54) is 18.7 Å². The van der Waals surface area contributed by atoms with Crippen LogP contribution in [-0.4, -0.2) is 44.8 Å². The van der Waals surface area contributed by atoms with Gasteiger partial charge in [0.15, 0.2) is 12.1 Å². The first kappa shape index (κ1) is 18.5. The van der Waals surface area contributed by atoms with Crippen molar-refractivity contribution in [2.75, 3.05) is 18.9 Å². The summed E-state index contributed by atoms with van der Waals surface area (Å²) in [6.07, 6.45) is 10.9. The van der Waals surface area contributed by atoms with Gasteiger partial charge in [-0.15, -0.1) is 0 Å². The second-order valence-electron chi connectivity index (χ2n) is 7.02. The summed E-state index contributed by atoms with van der Waals surface area (Å²) in [6, 6.07) is 1.60. The molecule has 4 heterocycles. The molecule has 1 aliphatic heterocycles. The molecule has 146 valence electrons. The normalized spacial score (nSPS) is 18.2. The molecule has 1 saturated heterocycles. The Bertz CT molecular complexity index is 981. The van der Waals surface area contributed by atoms with Gasteiger partial charge in [0, 0.05) is 42.3 Å². The molecule has 0 aromatic carbocycles. The summed E-state index contributed by atoms with van der Waals surface area (Å²) in [7, 11) is 0. The highest BCUT2D eigenvalue weighted by Crippen LogP contribution is 2.26. The monoisotopic (exact) mass is 381 g/mol. The Morgan fingerprint density at radius 1 is 1.36 bits per heavy atom. The van der Waals surface area contributed by atoms with Gasteiger partial charge in [0.2, 0.25) is 0 Å². The van der Waals surface area contributed by atoms with Gasteiger partial charge in [-0.05, 0) is 32.3 Å². The van der Waals surface area contributed by atoms with E-state index in [2.05, 4.69) is 15.0 Å². The van der Waals surface area contributed by atoms with Crippen molar-refractivity contribution in [1.29, 1.82) is 0 Å². The number of rotatable bonds is 6. The molecule has 0 amide bonds. The molecule has 0 spiro atoms. The molecule has 1 aliphatic rings. The van der Waals surface area contributed by atoms with Gasteiger partial charge in [0.05, 0.1) is 23.9 Å². The average molecular weight is 381 g/mol. The van der Waals surface area contributed by atoms with E-state index in [1.807, 2.05) is 11.5 Å². The summed E-state index contributed by atoms with van der Waals surface area (Å²) in [5.74, 6) is -0.165. The molecule has 3 aromatic rings. The highest BCUT2D eigenvalue weighted by molar-refractivity contribution is 6.16. The number of fused-ring (bicyclic) bond motifs is 1. The van der Waals surface area contributed by atoms with Crippen LogP contribution in [0.5, 0.6) is 0 Å². The van der Waals surface area contributed by atoms with Crippen molar-refractivity contribution >= 4 is 22.5 Å². The molecular weight excluding hydrogens is 358 g/mol. The molecule has 1 fully saturated rings. The van der Waals surface area contributed by atoms with Crippen molar-refractivity contribution in [1.82, 2.24) is 19.5 Å². The lowest BCUT2D eigenvalue weighted by Gasteiger charge is -2.24. The largest absolute Gasteiger partial charge is 0.397 e. The van der Waals surface area contributed by atoms with Gasteiger partial charge in [-0.2, -0.15) is 0 Å². The van der Waals surface area contributed by atoms with Crippen molar-refractivity contribution < 1.29 is 14.3 Å². The van der Waals surface area contributed by atoms with Crippen LogP contribution in [0, 0.1) is 0 Å². The number of nitrogens with two attached hydrogens (primary N) is 1. The number of ether oxygens (including phenoxy) is 2. The van der Waals surface area contributed by atoms with Gasteiger partial charge in [0.1, 0.15) is 12.0 Å². The van der Waals surface area contributed by atoms with E-state index in [-0.39, 0.29) is 18.1 Å². The zero-order valence-electron chi connectivity index (χ0n) is 15.7. The number of carbonyl (C=O) groups is 1. The zero-order valence-corrected chi connectivity index (χ0v) is 15.7. The Labute approximate surface area is 162 Å². The van der Waals surface area contributed by atoms with Crippen LogP contribution in [0.3, 0.4) is 0 Å². The standard InChI is InChI=1S/C20H23N5O3/c1-13(11-28-18-4-2-3-5-27-18)25-10-17(16-9-23-12-24-20(16)25)19(26)14-6-15(21)8-22-7-14/h6-10,12-13,18H,2-5,11,21H2,1H3/t13-,18-/m1/s1. The summed E-state index contributed by atoms with van der Waals surface area (Å²) in [5, 5.41) is 0.690. The molecule has 8 nitrogen and oxygen atoms in total. The molecule has 2 atom stereocenters. The molecular formula is C20H23N5O3. The van der Waals surface area contributed by atoms with Crippen LogP contribution in [0.15, 0.2) is 37.2 Å². The van der Waals surface area contributed by atoms with E-state index in [1.54, 1.807) is 18.5 Å². The molecule has 4 rings (SSSR count). The van der Waals surface area contributed by atoms with E-state index in [0.29, 0.717) is 34.5 Å². The topological polar surface area (TPSA) is 105 Å². The number of hydrogen-bond donors (Lipinski definition) is 1. The molecule has 0 unspecified atom stereocenters. The first-order valence-corrected chi connectivity index (χ1v) is 9.42. The summed E-state index contributed by atoms with van der Waals surface area (Å²) in [5.41, 5.74) is 7.86. The van der Waals surface area contributed by atoms with E-state index in [9.17, 15) is 4.79 Å². The molecule has 0 bridgehead atoms. The van der Waals surface area contributed by atoms with E-state index in [4.69, 9.17) is 15.2 Å². The minimum Gasteiger partial charge on any atom is -0.397 e. The molecule has 8 heteroatoms. The van der Waals surface area contributed by atoms with Crippen LogP contribution in [-0.2, 0) is 9.47 Å². The van der Waals surface area contributed by atoms with E-state index in [0.717, 1.165) is 25.9 Å². The van der Waals surface area contributed by atoms with Gasteiger partial charge >= 0.3 is 0 Å². The summed E-state index contributed by atoms with van der Waals surface area (Å²) < 4.78 is 13.5. The lowest BCUT2D eigenvalue weighted by Crippen LogP contribution is -2.25. The number of nitrogen functional groups attached to an aromatic ring is 1. The fraction of sp³-hybridized carbons (Fsp3) is 0.400. The van der Waals surface area contributed by atoms with E-state index >= 15 is 0 Å². The Balaban J connectivity index is 1.61. The first-order valence-electron chi connectivity index (χ1n) is 9.42. The highest BCUT2D eigenvalue weighted by Gasteiger charge is 2.22. The molecule has 0 radical (unpaired) electrons. The van der Waals surface area contributed by atoms with Crippen molar-refractivity contribution in [2.24, 2.45) is 0 Å². The second-order valence-corrected chi connectivity index (χ2v) is 7.02. The van der Waals surface area contributed by atoms with Gasteiger partial charge in [-0.3, -0.25) is 9.78 Å². The maximum absolute atomic E-state index is 13.0. The first-order chi connectivity index (χ1) is 13.6. The number of pyridine rings is 1. The zero-order chi connectivity index (χ0) is 19.5. The number of aromatic nitrogens is 4. The average Bonchev–Trinajstić information content (AvgIpc) is 3.12. The third-order valence-corrected chi connectivity index (χ3v) is 4.90. The summed E-state index contributed by atoms with van der Waals surface area (Å²) >= 11 is 0. The Kier molecular flexibility index (Phi) is 5.31. The number of nitrogens with zero attached hydrogens (tertiary/aromatic N) is 4. The SMILES string of the molecule is C[C@H](CO[C@@H]1CCCCO1)n1cc(C(=O)c2cncc(N)c2)c2cncnc21. The third kappa shape index (κ3) is 3.74. The molecule has 2 N–H and O–H groups in total. The predicted octanol–water partition coefficient (Wildman–Crippen LogP) is 2.74. The Hall–Kier alpha value is -2.84. The van der Waals surface area contributed by atoms with Gasteiger partial charge in [-0.1, -0.05) is 0 Å². The quantitative estimate of drug-likeness (QED) is 0.655. The summed E-state index contributed by atoms with van der Waals surface area (Å²) in [4.78, 5) is 25.5. The molecule has 0 aliphatic carbocycles. The fourth-order valence-corrected chi connectivity index (χ4v) is 3.41. The number of carbonyl (C=O) groups excluding carboxylic acids is 1. The van der Waals surface area contributed by atoms with Crippen molar-refractivity contribution in [2.45, 2.75) is 38.5 Å². The van der Waals surface area contributed by atoms with Crippen LogP contribution in [0.25, 0.3) is 11.0 Å². The highest BCUT2D eigenvalue weighted by atomic mass is 16.7. The smallest absolute Gasteiger partial charge is 0.196 e. The van der Waals surface area contributed by atoms with Gasteiger partial charge in [-0.25, -0.2) is 9.97 Å². The van der Waals surface area contributed by atoms with Crippen molar-refractivity contribution in [3.63, 3.8) is 0 Å². The van der Waals surface area contributed by atoms with E-state index < -0.39 is 0 Å². The minimum atomic E-state index is -0.165. The van der Waals surface area contributed by atoms with Crippen molar-refractivity contribution in [3.05, 3.63) is 48.3 Å². The number of ketones is 1. The predicted molar refractivity (Wildman–Crippen MR) is 104 cm³/mol. The van der Waals surface area contributed by atoms with Crippen LogP contribution in [0.2, 0.25) is 0 Å². The molecule has 3 aromatic heterocycles. The van der Waals surface area contributed by atoms with Crippen molar-refractivity contribution in [3.8, 4) is 0 Å². The fourth-order valence-electron chi connectivity index (χ4n) is 3.41. The maximum atomic E-state index is 13.0. The van der Waals surface area contributed by atoms with Gasteiger partial charge < -0.3 is 19.8 Å². The Morgan fingerprint density at radius 2 is 2.25 bits per heavy atom. The van der Waals surface area contributed by atoms with Crippen LogP contribution in [0.1, 0.15) is 48.1 Å². The summed E-state index contributed by atoms with van der Waals surface area (Å²) in [6.45, 7) is 3.23. The third-order valence-electron chi connectivity index (χ3n) is 4.90. The molecule has 28 heavy (non-hydrogen) atoms. The van der Waals surface area contributed by atoms with Crippen LogP contribution in [0.4, 0.5) is 5.69 Å². The van der Waals surface area contributed by atoms with Crippen LogP contribution < -0.4 is 5.73 Å². The van der Waals surface area contributed by atoms with Gasteiger partial charge in [0.25, 0.3) is 0 Å². The lowest BCUT2D eigenvalue weighted by atomic mass is 10.1. The maximum Gasteiger partial charge on any atom is 0.196 e. The Morgan fingerprint density at radius 3 is 3.04 bits per heavy atom. The van der Waals surface area contributed by atoms with Crippen LogP contribution >= 0.6 is 0 Å². The number of anilines is 1. The second kappa shape index (κ2) is 8.04. The molecule has 0 saturated carbocycles. The number of hydrogen-bond acceptors (Lipinski definition) is 7. The minimum absolute atomic E-state index is 0.0246.